The Bertz CT molecular complexity index is 663. The first-order valence-corrected chi connectivity index (χ1v) is 7.63. The van der Waals surface area contributed by atoms with Gasteiger partial charge in [0.2, 0.25) is 0 Å². The molecule has 2 nitrogen and oxygen atoms in total. The molecular weight excluding hydrogens is 258 g/mol. The van der Waals surface area contributed by atoms with Crippen LogP contribution in [-0.2, 0) is 12.8 Å². The summed E-state index contributed by atoms with van der Waals surface area (Å²) in [6.45, 7) is 5.19. The lowest BCUT2D eigenvalue weighted by atomic mass is 9.88. The van der Waals surface area contributed by atoms with Gasteiger partial charge in [-0.15, -0.1) is 0 Å². The molecule has 0 saturated heterocycles. The average molecular weight is 281 g/mol. The Morgan fingerprint density at radius 3 is 2.71 bits per heavy atom. The van der Waals surface area contributed by atoms with E-state index in [1.165, 1.54) is 22.3 Å². The van der Waals surface area contributed by atoms with E-state index in [9.17, 15) is 5.11 Å². The molecule has 0 unspecified atom stereocenters. The molecule has 1 atom stereocenters. The third-order valence-electron chi connectivity index (χ3n) is 4.63. The van der Waals surface area contributed by atoms with E-state index in [1.54, 1.807) is 0 Å². The number of nitrogens with zero attached hydrogens (tertiary/aromatic N) is 1. The van der Waals surface area contributed by atoms with Gasteiger partial charge < -0.3 is 5.11 Å². The molecule has 110 valence electrons. The first kappa shape index (κ1) is 14.2. The second kappa shape index (κ2) is 5.53. The topological polar surface area (TPSA) is 23.5 Å². The van der Waals surface area contributed by atoms with Gasteiger partial charge in [0.15, 0.2) is 0 Å². The minimum Gasteiger partial charge on any atom is -0.508 e. The van der Waals surface area contributed by atoms with Crippen LogP contribution in [0.5, 0.6) is 5.75 Å². The number of phenols is 1. The van der Waals surface area contributed by atoms with Crippen LogP contribution < -0.4 is 0 Å². The van der Waals surface area contributed by atoms with Crippen molar-refractivity contribution in [3.05, 3.63) is 64.2 Å². The van der Waals surface area contributed by atoms with Crippen LogP contribution in [0.2, 0.25) is 0 Å². The number of aromatic hydroxyl groups is 1. The van der Waals surface area contributed by atoms with Crippen molar-refractivity contribution in [2.75, 3.05) is 13.6 Å². The highest BCUT2D eigenvalue weighted by atomic mass is 16.3. The molecule has 1 heterocycles. The fraction of sp³-hybridized carbons (Fsp3) is 0.368. The van der Waals surface area contributed by atoms with E-state index in [4.69, 9.17) is 0 Å². The highest BCUT2D eigenvalue weighted by molar-refractivity contribution is 5.39. The second-order valence-electron chi connectivity index (χ2n) is 6.27. The molecule has 0 aromatic heterocycles. The number of fused-ring (bicyclic) bond motifs is 1. The van der Waals surface area contributed by atoms with Crippen molar-refractivity contribution in [1.29, 1.82) is 0 Å². The van der Waals surface area contributed by atoms with Gasteiger partial charge in [0, 0.05) is 12.6 Å². The van der Waals surface area contributed by atoms with Crippen LogP contribution in [0.3, 0.4) is 0 Å². The lowest BCUT2D eigenvalue weighted by molar-refractivity contribution is 0.229. The average Bonchev–Trinajstić information content (AvgIpc) is 2.46. The van der Waals surface area contributed by atoms with Crippen LogP contribution in [0.4, 0.5) is 0 Å². The van der Waals surface area contributed by atoms with Crippen LogP contribution in [0.25, 0.3) is 0 Å². The first-order valence-electron chi connectivity index (χ1n) is 7.63. The quantitative estimate of drug-likeness (QED) is 0.905. The normalized spacial score (nSPS) is 18.5. The fourth-order valence-electron chi connectivity index (χ4n) is 3.24. The van der Waals surface area contributed by atoms with E-state index in [0.29, 0.717) is 11.8 Å². The molecule has 0 aliphatic carbocycles. The zero-order valence-corrected chi connectivity index (χ0v) is 13.1. The predicted octanol–water partition coefficient (Wildman–Crippen LogP) is 3.78. The van der Waals surface area contributed by atoms with Crippen LogP contribution in [0.15, 0.2) is 36.4 Å². The molecule has 2 heteroatoms. The number of phenolic OH excluding ortho intramolecular Hbond substituents is 1. The van der Waals surface area contributed by atoms with Gasteiger partial charge in [0.25, 0.3) is 0 Å². The van der Waals surface area contributed by atoms with E-state index < -0.39 is 0 Å². The molecule has 21 heavy (non-hydrogen) atoms. The van der Waals surface area contributed by atoms with Crippen molar-refractivity contribution in [1.82, 2.24) is 4.90 Å². The maximum absolute atomic E-state index is 9.91. The van der Waals surface area contributed by atoms with Crippen molar-refractivity contribution in [2.24, 2.45) is 0 Å². The lowest BCUT2D eigenvalue weighted by Crippen LogP contribution is -2.33. The fourth-order valence-corrected chi connectivity index (χ4v) is 3.24. The summed E-state index contributed by atoms with van der Waals surface area (Å²) in [6, 6.07) is 13.2. The summed E-state index contributed by atoms with van der Waals surface area (Å²) in [5.41, 5.74) is 6.39. The number of benzene rings is 2. The maximum atomic E-state index is 9.91. The van der Waals surface area contributed by atoms with Gasteiger partial charge in [-0.2, -0.15) is 0 Å². The predicted molar refractivity (Wildman–Crippen MR) is 86.8 cm³/mol. The smallest absolute Gasteiger partial charge is 0.118 e. The molecule has 0 amide bonds. The Hall–Kier alpha value is -1.80. The van der Waals surface area contributed by atoms with Crippen LogP contribution >= 0.6 is 0 Å². The zero-order chi connectivity index (χ0) is 15.0. The number of aryl methyl sites for hydroxylation is 2. The van der Waals surface area contributed by atoms with Crippen molar-refractivity contribution < 1.29 is 5.11 Å². The molecule has 0 spiro atoms. The summed E-state index contributed by atoms with van der Waals surface area (Å²) in [5.74, 6) is 0.398. The van der Waals surface area contributed by atoms with Gasteiger partial charge in [-0.05, 0) is 62.1 Å². The Labute approximate surface area is 127 Å². The molecule has 0 fully saturated rings. The van der Waals surface area contributed by atoms with E-state index in [0.717, 1.165) is 24.9 Å². The largest absolute Gasteiger partial charge is 0.508 e. The molecular formula is C19H23NO. The van der Waals surface area contributed by atoms with Crippen LogP contribution in [0, 0.1) is 13.8 Å². The van der Waals surface area contributed by atoms with E-state index in [-0.39, 0.29) is 0 Å². The molecule has 2 aromatic carbocycles. The summed E-state index contributed by atoms with van der Waals surface area (Å²) in [5, 5.41) is 9.91. The van der Waals surface area contributed by atoms with E-state index in [2.05, 4.69) is 43.1 Å². The zero-order valence-electron chi connectivity index (χ0n) is 13.1. The minimum atomic E-state index is 0.398. The summed E-state index contributed by atoms with van der Waals surface area (Å²) in [6.07, 6.45) is 2.07. The van der Waals surface area contributed by atoms with Crippen molar-refractivity contribution >= 4 is 0 Å². The Kier molecular flexibility index (Phi) is 3.73. The Balaban J connectivity index is 1.92. The van der Waals surface area contributed by atoms with Gasteiger partial charge in [0.05, 0.1) is 0 Å². The molecule has 0 saturated carbocycles. The maximum Gasteiger partial charge on any atom is 0.118 e. The third-order valence-corrected chi connectivity index (χ3v) is 4.63. The lowest BCUT2D eigenvalue weighted by Gasteiger charge is -2.35. The summed E-state index contributed by atoms with van der Waals surface area (Å²) >= 11 is 0. The Morgan fingerprint density at radius 2 is 1.95 bits per heavy atom. The molecule has 1 aliphatic heterocycles. The van der Waals surface area contributed by atoms with Gasteiger partial charge >= 0.3 is 0 Å². The summed E-state index contributed by atoms with van der Waals surface area (Å²) in [7, 11) is 2.20. The highest BCUT2D eigenvalue weighted by Crippen LogP contribution is 2.32. The molecule has 3 rings (SSSR count). The molecule has 1 aliphatic rings. The van der Waals surface area contributed by atoms with Gasteiger partial charge in [-0.3, -0.25) is 4.90 Å². The van der Waals surface area contributed by atoms with Gasteiger partial charge in [0.1, 0.15) is 5.75 Å². The SMILES string of the molecule is Cc1ccc2c(c1)CCN(C)[C@@H]2Cc1ccc(C)c(O)c1. The van der Waals surface area contributed by atoms with Crippen molar-refractivity contribution in [2.45, 2.75) is 32.7 Å². The van der Waals surface area contributed by atoms with Crippen molar-refractivity contribution in [3.8, 4) is 5.75 Å². The number of rotatable bonds is 2. The number of likely N-dealkylation sites (N-methyl/N-ethyl adjacent to an activating group) is 1. The molecule has 0 bridgehead atoms. The van der Waals surface area contributed by atoms with Gasteiger partial charge in [-0.25, -0.2) is 0 Å². The van der Waals surface area contributed by atoms with E-state index >= 15 is 0 Å². The molecule has 2 aromatic rings. The monoisotopic (exact) mass is 281 g/mol. The molecule has 0 radical (unpaired) electrons. The number of hydrogen-bond acceptors (Lipinski definition) is 2. The third kappa shape index (κ3) is 2.81. The Morgan fingerprint density at radius 1 is 1.14 bits per heavy atom. The molecule has 1 N–H and O–H groups in total. The summed E-state index contributed by atoms with van der Waals surface area (Å²) in [4.78, 5) is 2.43. The number of hydrogen-bond donors (Lipinski definition) is 1. The van der Waals surface area contributed by atoms with E-state index in [1.807, 2.05) is 19.1 Å². The first-order chi connectivity index (χ1) is 10.0. The standard InChI is InChI=1S/C19H23NO/c1-13-4-7-17-16(10-13)8-9-20(3)18(17)11-15-6-5-14(2)19(21)12-15/h4-7,10,12,18,21H,8-9,11H2,1-3H3/t18-/m1/s1. The van der Waals surface area contributed by atoms with Crippen LogP contribution in [-0.4, -0.2) is 23.6 Å². The van der Waals surface area contributed by atoms with Gasteiger partial charge in [-0.1, -0.05) is 35.9 Å². The highest BCUT2D eigenvalue weighted by Gasteiger charge is 2.24. The summed E-state index contributed by atoms with van der Waals surface area (Å²) < 4.78 is 0. The second-order valence-corrected chi connectivity index (χ2v) is 6.27. The van der Waals surface area contributed by atoms with Crippen molar-refractivity contribution in [3.63, 3.8) is 0 Å². The van der Waals surface area contributed by atoms with Crippen LogP contribution in [0.1, 0.15) is 33.9 Å². The minimum absolute atomic E-state index is 0.398.